The summed E-state index contributed by atoms with van der Waals surface area (Å²) in [6.45, 7) is 3.01. The second kappa shape index (κ2) is 9.46. The number of carbonyl (C=O) groups is 2. The van der Waals surface area contributed by atoms with Gasteiger partial charge < -0.3 is 20.3 Å². The molecule has 0 saturated heterocycles. The summed E-state index contributed by atoms with van der Waals surface area (Å²) >= 11 is 0. The summed E-state index contributed by atoms with van der Waals surface area (Å²) in [5.74, 6) is 0.0291. The van der Waals surface area contributed by atoms with E-state index in [9.17, 15) is 9.59 Å². The fraction of sp³-hybridized carbons (Fsp3) is 0.389. The number of aliphatic carboxylic acids is 1. The van der Waals surface area contributed by atoms with Gasteiger partial charge in [0.25, 0.3) is 0 Å². The van der Waals surface area contributed by atoms with Gasteiger partial charge in [-0.2, -0.15) is 0 Å². The van der Waals surface area contributed by atoms with Gasteiger partial charge in [0.1, 0.15) is 5.82 Å². The van der Waals surface area contributed by atoms with Gasteiger partial charge in [-0.1, -0.05) is 30.3 Å². The SMILES string of the molecule is Cc1nccn1CCNC(=O)NC(CCC(=O)O)Cc1ccccc1. The summed E-state index contributed by atoms with van der Waals surface area (Å²) in [5.41, 5.74) is 1.06. The number of aryl methyl sites for hydroxylation is 1. The third-order valence-corrected chi connectivity index (χ3v) is 3.93. The Kier molecular flexibility index (Phi) is 7.00. The first kappa shape index (κ1) is 18.5. The lowest BCUT2D eigenvalue weighted by Gasteiger charge is -2.19. The van der Waals surface area contributed by atoms with Crippen molar-refractivity contribution in [2.75, 3.05) is 6.54 Å². The molecule has 2 amide bonds. The molecule has 0 fully saturated rings. The van der Waals surface area contributed by atoms with Crippen molar-refractivity contribution in [2.45, 2.75) is 38.8 Å². The number of imidazole rings is 1. The van der Waals surface area contributed by atoms with E-state index in [2.05, 4.69) is 15.6 Å². The van der Waals surface area contributed by atoms with Crippen LogP contribution in [0.4, 0.5) is 4.79 Å². The maximum atomic E-state index is 12.1. The predicted molar refractivity (Wildman–Crippen MR) is 94.3 cm³/mol. The van der Waals surface area contributed by atoms with Gasteiger partial charge >= 0.3 is 12.0 Å². The van der Waals surface area contributed by atoms with Gasteiger partial charge in [-0.25, -0.2) is 9.78 Å². The third kappa shape index (κ3) is 6.66. The summed E-state index contributed by atoms with van der Waals surface area (Å²) in [5, 5.41) is 14.6. The lowest BCUT2D eigenvalue weighted by Crippen LogP contribution is -2.44. The van der Waals surface area contributed by atoms with E-state index in [-0.39, 0.29) is 18.5 Å². The number of urea groups is 1. The van der Waals surface area contributed by atoms with Crippen LogP contribution in [-0.4, -0.2) is 39.2 Å². The Hall–Kier alpha value is -2.83. The Labute approximate surface area is 147 Å². The normalized spacial score (nSPS) is 11.7. The number of nitrogens with one attached hydrogen (secondary N) is 2. The quantitative estimate of drug-likeness (QED) is 0.648. The van der Waals surface area contributed by atoms with E-state index < -0.39 is 5.97 Å². The standard InChI is InChI=1S/C18H24N4O3/c1-14-19-9-11-22(14)12-10-20-18(25)21-16(7-8-17(23)24)13-15-5-3-2-4-6-15/h2-6,9,11,16H,7-8,10,12-13H2,1H3,(H,23,24)(H2,20,21,25). The molecule has 1 aromatic heterocycles. The highest BCUT2D eigenvalue weighted by atomic mass is 16.4. The number of carbonyl (C=O) groups excluding carboxylic acids is 1. The van der Waals surface area contributed by atoms with Crippen LogP contribution in [0.2, 0.25) is 0 Å². The predicted octanol–water partition coefficient (Wildman–Crippen LogP) is 1.97. The first-order valence-electron chi connectivity index (χ1n) is 8.32. The molecule has 0 saturated carbocycles. The van der Waals surface area contributed by atoms with Gasteiger partial charge in [-0.05, 0) is 25.3 Å². The van der Waals surface area contributed by atoms with Crippen molar-refractivity contribution in [3.63, 3.8) is 0 Å². The average Bonchev–Trinajstić information content (AvgIpc) is 2.99. The first-order chi connectivity index (χ1) is 12.0. The van der Waals surface area contributed by atoms with Crippen LogP contribution in [0, 0.1) is 6.92 Å². The summed E-state index contributed by atoms with van der Waals surface area (Å²) in [6, 6.07) is 9.20. The molecule has 134 valence electrons. The lowest BCUT2D eigenvalue weighted by atomic mass is 10.0. The van der Waals surface area contributed by atoms with Gasteiger partial charge in [0, 0.05) is 37.9 Å². The molecular formula is C18H24N4O3. The Morgan fingerprint density at radius 1 is 1.28 bits per heavy atom. The van der Waals surface area contributed by atoms with Crippen molar-refractivity contribution in [1.29, 1.82) is 0 Å². The highest BCUT2D eigenvalue weighted by Gasteiger charge is 2.14. The summed E-state index contributed by atoms with van der Waals surface area (Å²) in [7, 11) is 0. The van der Waals surface area contributed by atoms with Crippen LogP contribution in [0.15, 0.2) is 42.7 Å². The van der Waals surface area contributed by atoms with Crippen molar-refractivity contribution < 1.29 is 14.7 Å². The number of nitrogens with zero attached hydrogens (tertiary/aromatic N) is 2. The zero-order valence-electron chi connectivity index (χ0n) is 14.3. The molecule has 7 nitrogen and oxygen atoms in total. The number of amides is 2. The van der Waals surface area contributed by atoms with E-state index in [1.807, 2.05) is 48.0 Å². The smallest absolute Gasteiger partial charge is 0.315 e. The second-order valence-corrected chi connectivity index (χ2v) is 5.89. The van der Waals surface area contributed by atoms with Crippen LogP contribution in [0.1, 0.15) is 24.2 Å². The zero-order chi connectivity index (χ0) is 18.1. The third-order valence-electron chi connectivity index (χ3n) is 3.93. The Bertz CT molecular complexity index is 685. The highest BCUT2D eigenvalue weighted by Crippen LogP contribution is 2.08. The molecule has 3 N–H and O–H groups in total. The molecule has 1 unspecified atom stereocenters. The fourth-order valence-corrected chi connectivity index (χ4v) is 2.59. The summed E-state index contributed by atoms with van der Waals surface area (Å²) in [4.78, 5) is 27.1. The summed E-state index contributed by atoms with van der Waals surface area (Å²) < 4.78 is 1.95. The first-order valence-corrected chi connectivity index (χ1v) is 8.32. The molecular weight excluding hydrogens is 320 g/mol. The van der Waals surface area contributed by atoms with Crippen molar-refractivity contribution in [2.24, 2.45) is 0 Å². The Balaban J connectivity index is 1.82. The van der Waals surface area contributed by atoms with Crippen LogP contribution in [-0.2, 0) is 17.8 Å². The van der Waals surface area contributed by atoms with Crippen molar-refractivity contribution in [3.05, 3.63) is 54.1 Å². The van der Waals surface area contributed by atoms with Crippen LogP contribution in [0.5, 0.6) is 0 Å². The van der Waals surface area contributed by atoms with Crippen molar-refractivity contribution in [1.82, 2.24) is 20.2 Å². The number of aromatic nitrogens is 2. The molecule has 0 aliphatic rings. The number of hydrogen-bond acceptors (Lipinski definition) is 3. The van der Waals surface area contributed by atoms with Crippen LogP contribution >= 0.6 is 0 Å². The minimum Gasteiger partial charge on any atom is -0.481 e. The maximum Gasteiger partial charge on any atom is 0.315 e. The molecule has 0 bridgehead atoms. The molecule has 2 rings (SSSR count). The molecule has 0 aliphatic carbocycles. The van der Waals surface area contributed by atoms with E-state index in [0.717, 1.165) is 11.4 Å². The second-order valence-electron chi connectivity index (χ2n) is 5.89. The fourth-order valence-electron chi connectivity index (χ4n) is 2.59. The minimum atomic E-state index is -0.865. The van der Waals surface area contributed by atoms with Gasteiger partial charge in [0.15, 0.2) is 0 Å². The number of rotatable bonds is 9. The van der Waals surface area contributed by atoms with E-state index in [0.29, 0.717) is 25.9 Å². The minimum absolute atomic E-state index is 0.0199. The Morgan fingerprint density at radius 3 is 2.68 bits per heavy atom. The zero-order valence-corrected chi connectivity index (χ0v) is 14.3. The maximum absolute atomic E-state index is 12.1. The van der Waals surface area contributed by atoms with Crippen LogP contribution in [0.25, 0.3) is 0 Å². The van der Waals surface area contributed by atoms with Crippen molar-refractivity contribution in [3.8, 4) is 0 Å². The van der Waals surface area contributed by atoms with E-state index in [1.54, 1.807) is 6.20 Å². The molecule has 25 heavy (non-hydrogen) atoms. The largest absolute Gasteiger partial charge is 0.481 e. The van der Waals surface area contributed by atoms with Crippen molar-refractivity contribution >= 4 is 12.0 Å². The van der Waals surface area contributed by atoms with E-state index in [1.165, 1.54) is 0 Å². The molecule has 1 aromatic carbocycles. The number of carboxylic acids is 1. The van der Waals surface area contributed by atoms with Gasteiger partial charge in [-0.3, -0.25) is 4.79 Å². The molecule has 1 atom stereocenters. The van der Waals surface area contributed by atoms with E-state index >= 15 is 0 Å². The monoisotopic (exact) mass is 344 g/mol. The number of hydrogen-bond donors (Lipinski definition) is 3. The average molecular weight is 344 g/mol. The molecule has 0 aliphatic heterocycles. The van der Waals surface area contributed by atoms with E-state index in [4.69, 9.17) is 5.11 Å². The summed E-state index contributed by atoms with van der Waals surface area (Å²) in [6.07, 6.45) is 4.59. The number of benzene rings is 1. The molecule has 2 aromatic rings. The van der Waals surface area contributed by atoms with Gasteiger partial charge in [0.05, 0.1) is 0 Å². The lowest BCUT2D eigenvalue weighted by molar-refractivity contribution is -0.137. The number of carboxylic acid groups (broad SMARTS) is 1. The van der Waals surface area contributed by atoms with Gasteiger partial charge in [0.2, 0.25) is 0 Å². The molecule has 1 heterocycles. The van der Waals surface area contributed by atoms with Crippen LogP contribution < -0.4 is 10.6 Å². The van der Waals surface area contributed by atoms with Crippen LogP contribution in [0.3, 0.4) is 0 Å². The van der Waals surface area contributed by atoms with Gasteiger partial charge in [-0.15, -0.1) is 0 Å². The topological polar surface area (TPSA) is 96.3 Å². The highest BCUT2D eigenvalue weighted by molar-refractivity contribution is 5.74. The molecule has 0 spiro atoms. The Morgan fingerprint density at radius 2 is 2.04 bits per heavy atom. The molecule has 0 radical (unpaired) electrons. The molecule has 7 heteroatoms.